The van der Waals surface area contributed by atoms with Gasteiger partial charge in [-0.15, -0.1) is 0 Å². The third-order valence-electron chi connectivity index (χ3n) is 4.21. The maximum Gasteiger partial charge on any atom is 0.0467 e. The predicted octanol–water partition coefficient (Wildman–Crippen LogP) is 2.55. The molecule has 0 amide bonds. The molecule has 0 aromatic rings. The van der Waals surface area contributed by atoms with E-state index in [0.29, 0.717) is 17.4 Å². The Kier molecular flexibility index (Phi) is 7.20. The highest BCUT2D eigenvalue weighted by molar-refractivity contribution is 4.79. The molecule has 0 heterocycles. The van der Waals surface area contributed by atoms with Gasteiger partial charge in [-0.3, -0.25) is 0 Å². The summed E-state index contributed by atoms with van der Waals surface area (Å²) in [6, 6.07) is 0.405. The average Bonchev–Trinajstić information content (AvgIpc) is 2.52. The van der Waals surface area contributed by atoms with Crippen LogP contribution in [0.3, 0.4) is 0 Å². The van der Waals surface area contributed by atoms with E-state index < -0.39 is 0 Å². The van der Waals surface area contributed by atoms with Crippen molar-refractivity contribution in [2.24, 2.45) is 17.1 Å². The van der Waals surface area contributed by atoms with Crippen molar-refractivity contribution in [2.75, 3.05) is 26.8 Å². The number of hydrogen-bond acceptors (Lipinski definition) is 3. The van der Waals surface area contributed by atoms with Crippen molar-refractivity contribution >= 4 is 0 Å². The van der Waals surface area contributed by atoms with E-state index in [1.54, 1.807) is 7.11 Å². The molecule has 1 saturated carbocycles. The van der Waals surface area contributed by atoms with Crippen molar-refractivity contribution in [3.05, 3.63) is 0 Å². The van der Waals surface area contributed by atoms with E-state index >= 15 is 0 Å². The molecule has 3 heteroatoms. The minimum Gasteiger partial charge on any atom is -0.385 e. The molecule has 0 saturated heterocycles. The third-order valence-corrected chi connectivity index (χ3v) is 4.21. The van der Waals surface area contributed by atoms with E-state index in [1.165, 1.54) is 32.1 Å². The van der Waals surface area contributed by atoms with Crippen LogP contribution in [0.2, 0.25) is 0 Å². The smallest absolute Gasteiger partial charge is 0.0467 e. The maximum absolute atomic E-state index is 6.25. The van der Waals surface area contributed by atoms with E-state index in [-0.39, 0.29) is 0 Å². The van der Waals surface area contributed by atoms with E-state index in [2.05, 4.69) is 19.2 Å². The molecule has 0 aromatic heterocycles. The second kappa shape index (κ2) is 8.13. The number of ether oxygens (including phenoxy) is 1. The first kappa shape index (κ1) is 15.9. The van der Waals surface area contributed by atoms with Crippen molar-refractivity contribution < 1.29 is 4.74 Å². The van der Waals surface area contributed by atoms with Crippen LogP contribution < -0.4 is 11.1 Å². The highest BCUT2D eigenvalue weighted by Gasteiger charge is 2.22. The van der Waals surface area contributed by atoms with Gasteiger partial charge in [-0.25, -0.2) is 0 Å². The Morgan fingerprint density at radius 1 is 1.22 bits per heavy atom. The molecule has 1 fully saturated rings. The van der Waals surface area contributed by atoms with E-state index in [1.807, 2.05) is 0 Å². The monoisotopic (exact) mass is 256 g/mol. The van der Waals surface area contributed by atoms with Crippen molar-refractivity contribution in [3.8, 4) is 0 Å². The topological polar surface area (TPSA) is 47.3 Å². The minimum absolute atomic E-state index is 0.310. The molecule has 0 spiro atoms. The van der Waals surface area contributed by atoms with E-state index in [9.17, 15) is 0 Å². The summed E-state index contributed by atoms with van der Waals surface area (Å²) in [6.07, 6.45) is 7.65. The van der Waals surface area contributed by atoms with Crippen LogP contribution in [0.4, 0.5) is 0 Å². The fraction of sp³-hybridized carbons (Fsp3) is 1.00. The summed E-state index contributed by atoms with van der Waals surface area (Å²) >= 11 is 0. The van der Waals surface area contributed by atoms with Gasteiger partial charge >= 0.3 is 0 Å². The first-order valence-corrected chi connectivity index (χ1v) is 7.50. The normalized spacial score (nSPS) is 26.0. The van der Waals surface area contributed by atoms with Crippen molar-refractivity contribution in [1.29, 1.82) is 0 Å². The summed E-state index contributed by atoms with van der Waals surface area (Å²) < 4.78 is 5.16. The van der Waals surface area contributed by atoms with E-state index in [4.69, 9.17) is 10.5 Å². The zero-order valence-electron chi connectivity index (χ0n) is 12.5. The van der Waals surface area contributed by atoms with Gasteiger partial charge < -0.3 is 15.8 Å². The lowest BCUT2D eigenvalue weighted by atomic mass is 9.89. The van der Waals surface area contributed by atoms with Crippen LogP contribution in [0.15, 0.2) is 0 Å². The Labute approximate surface area is 113 Å². The molecular weight excluding hydrogens is 224 g/mol. The first-order valence-electron chi connectivity index (χ1n) is 7.50. The van der Waals surface area contributed by atoms with Crippen LogP contribution in [0.1, 0.15) is 52.4 Å². The predicted molar refractivity (Wildman–Crippen MR) is 77.7 cm³/mol. The Morgan fingerprint density at radius 2 is 1.94 bits per heavy atom. The van der Waals surface area contributed by atoms with Gasteiger partial charge in [0.2, 0.25) is 0 Å². The number of hydrogen-bond donors (Lipinski definition) is 2. The van der Waals surface area contributed by atoms with Gasteiger partial charge in [0.15, 0.2) is 0 Å². The Hall–Kier alpha value is -0.120. The van der Waals surface area contributed by atoms with Gasteiger partial charge in [0.05, 0.1) is 0 Å². The Morgan fingerprint density at radius 3 is 2.67 bits per heavy atom. The second-order valence-corrected chi connectivity index (χ2v) is 6.60. The molecule has 108 valence electrons. The number of nitrogens with two attached hydrogens (primary N) is 1. The fourth-order valence-electron chi connectivity index (χ4n) is 2.73. The van der Waals surface area contributed by atoms with Crippen LogP contribution in [-0.2, 0) is 4.74 Å². The van der Waals surface area contributed by atoms with Gasteiger partial charge in [0, 0.05) is 26.3 Å². The SMILES string of the molecule is COCCC(C)(C)CNCC1CCCCCC1N. The molecule has 1 aliphatic rings. The van der Waals surface area contributed by atoms with Gasteiger partial charge in [0.1, 0.15) is 0 Å². The van der Waals surface area contributed by atoms with Crippen LogP contribution >= 0.6 is 0 Å². The van der Waals surface area contributed by atoms with E-state index in [0.717, 1.165) is 26.1 Å². The lowest BCUT2D eigenvalue weighted by Gasteiger charge is -2.27. The van der Waals surface area contributed by atoms with Crippen LogP contribution in [0, 0.1) is 11.3 Å². The van der Waals surface area contributed by atoms with Crippen molar-refractivity contribution in [3.63, 3.8) is 0 Å². The molecule has 0 bridgehead atoms. The second-order valence-electron chi connectivity index (χ2n) is 6.60. The Bertz CT molecular complexity index is 219. The van der Waals surface area contributed by atoms with Crippen LogP contribution in [0.25, 0.3) is 0 Å². The highest BCUT2D eigenvalue weighted by atomic mass is 16.5. The number of methoxy groups -OCH3 is 1. The van der Waals surface area contributed by atoms with Gasteiger partial charge in [-0.2, -0.15) is 0 Å². The quantitative estimate of drug-likeness (QED) is 0.688. The highest BCUT2D eigenvalue weighted by Crippen LogP contribution is 2.23. The van der Waals surface area contributed by atoms with Crippen LogP contribution in [0.5, 0.6) is 0 Å². The molecule has 2 atom stereocenters. The van der Waals surface area contributed by atoms with Crippen molar-refractivity contribution in [1.82, 2.24) is 5.32 Å². The molecule has 0 aliphatic heterocycles. The average molecular weight is 256 g/mol. The molecule has 1 rings (SSSR count). The zero-order chi connectivity index (χ0) is 13.4. The van der Waals surface area contributed by atoms with Crippen molar-refractivity contribution in [2.45, 2.75) is 58.4 Å². The minimum atomic E-state index is 0.310. The summed E-state index contributed by atoms with van der Waals surface area (Å²) in [5.74, 6) is 0.672. The fourth-order valence-corrected chi connectivity index (χ4v) is 2.73. The summed E-state index contributed by atoms with van der Waals surface area (Å²) in [5.41, 5.74) is 6.56. The number of nitrogens with one attached hydrogen (secondary N) is 1. The molecule has 3 N–H and O–H groups in total. The largest absolute Gasteiger partial charge is 0.385 e. The molecule has 1 aliphatic carbocycles. The Balaban J connectivity index is 2.22. The van der Waals surface area contributed by atoms with Gasteiger partial charge in [0.25, 0.3) is 0 Å². The molecule has 18 heavy (non-hydrogen) atoms. The third kappa shape index (κ3) is 6.17. The maximum atomic E-state index is 6.25. The van der Waals surface area contributed by atoms with Gasteiger partial charge in [-0.05, 0) is 37.1 Å². The summed E-state index contributed by atoms with van der Waals surface area (Å²) in [5, 5.41) is 3.63. The molecule has 3 nitrogen and oxygen atoms in total. The first-order chi connectivity index (χ1) is 8.55. The number of rotatable bonds is 7. The van der Waals surface area contributed by atoms with Gasteiger partial charge in [-0.1, -0.05) is 33.1 Å². The van der Waals surface area contributed by atoms with Crippen LogP contribution in [-0.4, -0.2) is 32.8 Å². The summed E-state index contributed by atoms with van der Waals surface area (Å²) in [6.45, 7) is 7.58. The standard InChI is InChI=1S/C15H32N2O/c1-15(2,9-10-18-3)12-17-11-13-7-5-4-6-8-14(13)16/h13-14,17H,4-12,16H2,1-3H3. The molecule has 0 radical (unpaired) electrons. The summed E-state index contributed by atoms with van der Waals surface area (Å²) in [7, 11) is 1.77. The lowest BCUT2D eigenvalue weighted by Crippen LogP contribution is -2.39. The lowest BCUT2D eigenvalue weighted by molar-refractivity contribution is 0.149. The molecular formula is C15H32N2O. The summed E-state index contributed by atoms with van der Waals surface area (Å²) in [4.78, 5) is 0. The molecule has 2 unspecified atom stereocenters. The zero-order valence-corrected chi connectivity index (χ0v) is 12.5. The molecule has 0 aromatic carbocycles.